The quantitative estimate of drug-likeness (QED) is 0.594. The average Bonchev–Trinajstić information content (AvgIpc) is 2.40. The van der Waals surface area contributed by atoms with Crippen molar-refractivity contribution in [3.05, 3.63) is 30.3 Å². The number of aliphatic hydroxyl groups excluding tert-OH is 3. The SMILES string of the molecule is N[C@H]1[C@H](O)[C@@H](CO)OC(Sc2ccccc2)[C@H]1O. The second-order valence-electron chi connectivity index (χ2n) is 4.21. The zero-order valence-electron chi connectivity index (χ0n) is 9.72. The lowest BCUT2D eigenvalue weighted by molar-refractivity contribution is -0.160. The summed E-state index contributed by atoms with van der Waals surface area (Å²) < 4.78 is 5.47. The molecule has 0 radical (unpaired) electrons. The van der Waals surface area contributed by atoms with Gasteiger partial charge >= 0.3 is 0 Å². The molecule has 1 aliphatic rings. The van der Waals surface area contributed by atoms with Gasteiger partial charge in [-0.3, -0.25) is 0 Å². The van der Waals surface area contributed by atoms with Gasteiger partial charge in [-0.15, -0.1) is 0 Å². The summed E-state index contributed by atoms with van der Waals surface area (Å²) in [5.74, 6) is 0. The molecule has 2 rings (SSSR count). The van der Waals surface area contributed by atoms with E-state index >= 15 is 0 Å². The van der Waals surface area contributed by atoms with Gasteiger partial charge < -0.3 is 25.8 Å². The Morgan fingerprint density at radius 3 is 2.44 bits per heavy atom. The van der Waals surface area contributed by atoms with Gasteiger partial charge in [-0.2, -0.15) is 0 Å². The minimum atomic E-state index is -1.06. The van der Waals surface area contributed by atoms with Gasteiger partial charge in [0.05, 0.1) is 12.6 Å². The normalized spacial score (nSPS) is 36.6. The maximum atomic E-state index is 9.97. The van der Waals surface area contributed by atoms with Crippen molar-refractivity contribution in [2.24, 2.45) is 5.73 Å². The Morgan fingerprint density at radius 2 is 1.83 bits per heavy atom. The number of hydrogen-bond acceptors (Lipinski definition) is 6. The monoisotopic (exact) mass is 271 g/mol. The number of rotatable bonds is 3. The van der Waals surface area contributed by atoms with Crippen molar-refractivity contribution < 1.29 is 20.1 Å². The molecule has 5 atom stereocenters. The number of thioether (sulfide) groups is 1. The fraction of sp³-hybridized carbons (Fsp3) is 0.500. The third kappa shape index (κ3) is 2.85. The van der Waals surface area contributed by atoms with Crippen LogP contribution in [0.2, 0.25) is 0 Å². The lowest BCUT2D eigenvalue weighted by Gasteiger charge is -2.40. The zero-order chi connectivity index (χ0) is 13.1. The fourth-order valence-electron chi connectivity index (χ4n) is 1.85. The predicted octanol–water partition coefficient (Wildman–Crippen LogP) is -0.455. The van der Waals surface area contributed by atoms with Crippen LogP contribution in [0.25, 0.3) is 0 Å². The summed E-state index contributed by atoms with van der Waals surface area (Å²) >= 11 is 1.32. The summed E-state index contributed by atoms with van der Waals surface area (Å²) in [4.78, 5) is 0.932. The Labute approximate surface area is 110 Å². The smallest absolute Gasteiger partial charge is 0.135 e. The van der Waals surface area contributed by atoms with E-state index in [4.69, 9.17) is 15.6 Å². The first-order valence-corrected chi connectivity index (χ1v) is 6.61. The standard InChI is InChI=1S/C12H17NO4S/c13-9-10(15)8(6-14)17-12(11(9)16)18-7-4-2-1-3-5-7/h1-5,8-12,14-16H,6,13H2/t8-,9+,10-,11+,12?/m1/s1. The highest BCUT2D eigenvalue weighted by atomic mass is 32.2. The van der Waals surface area contributed by atoms with Gasteiger partial charge in [-0.25, -0.2) is 0 Å². The van der Waals surface area contributed by atoms with Crippen molar-refractivity contribution in [2.45, 2.75) is 34.7 Å². The molecule has 0 aromatic heterocycles. The average molecular weight is 271 g/mol. The van der Waals surface area contributed by atoms with E-state index in [2.05, 4.69) is 0 Å². The van der Waals surface area contributed by atoms with Crippen molar-refractivity contribution in [2.75, 3.05) is 6.61 Å². The van der Waals surface area contributed by atoms with E-state index in [-0.39, 0.29) is 6.61 Å². The van der Waals surface area contributed by atoms with E-state index in [1.807, 2.05) is 30.3 Å². The van der Waals surface area contributed by atoms with Crippen LogP contribution in [-0.2, 0) is 4.74 Å². The minimum Gasteiger partial charge on any atom is -0.394 e. The van der Waals surface area contributed by atoms with E-state index in [1.54, 1.807) is 0 Å². The molecular formula is C12H17NO4S. The first kappa shape index (κ1) is 13.8. The molecule has 0 saturated carbocycles. The number of ether oxygens (including phenoxy) is 1. The molecule has 0 amide bonds. The fourth-order valence-corrected chi connectivity index (χ4v) is 2.95. The maximum Gasteiger partial charge on any atom is 0.135 e. The van der Waals surface area contributed by atoms with Gasteiger partial charge in [0.15, 0.2) is 0 Å². The van der Waals surface area contributed by atoms with Gasteiger partial charge in [0.1, 0.15) is 23.7 Å². The highest BCUT2D eigenvalue weighted by Gasteiger charge is 2.42. The number of benzene rings is 1. The molecule has 1 aromatic rings. The summed E-state index contributed by atoms with van der Waals surface area (Å²) in [5.41, 5.74) is 5.13. The second kappa shape index (κ2) is 6.01. The highest BCUT2D eigenvalue weighted by molar-refractivity contribution is 7.99. The molecule has 1 heterocycles. The lowest BCUT2D eigenvalue weighted by Crippen LogP contribution is -2.61. The van der Waals surface area contributed by atoms with E-state index in [9.17, 15) is 10.2 Å². The molecule has 100 valence electrons. The van der Waals surface area contributed by atoms with Crippen LogP contribution in [-0.4, -0.2) is 51.7 Å². The Morgan fingerprint density at radius 1 is 1.17 bits per heavy atom. The lowest BCUT2D eigenvalue weighted by atomic mass is 9.98. The van der Waals surface area contributed by atoms with E-state index in [0.717, 1.165) is 4.90 Å². The Hall–Kier alpha value is -0.630. The third-order valence-electron chi connectivity index (χ3n) is 2.93. The van der Waals surface area contributed by atoms with Gasteiger partial charge in [-0.1, -0.05) is 30.0 Å². The number of hydrogen-bond donors (Lipinski definition) is 4. The molecule has 5 N–H and O–H groups in total. The predicted molar refractivity (Wildman–Crippen MR) is 68.0 cm³/mol. The molecule has 18 heavy (non-hydrogen) atoms. The van der Waals surface area contributed by atoms with Crippen LogP contribution in [0.3, 0.4) is 0 Å². The van der Waals surface area contributed by atoms with Crippen LogP contribution in [0, 0.1) is 0 Å². The van der Waals surface area contributed by atoms with E-state index < -0.39 is 29.8 Å². The minimum absolute atomic E-state index is 0.326. The molecule has 1 saturated heterocycles. The van der Waals surface area contributed by atoms with Crippen molar-refractivity contribution >= 4 is 11.8 Å². The topological polar surface area (TPSA) is 95.9 Å². The summed E-state index contributed by atoms with van der Waals surface area (Å²) in [6.07, 6.45) is -2.80. The van der Waals surface area contributed by atoms with Crippen LogP contribution < -0.4 is 5.73 Å². The van der Waals surface area contributed by atoms with Crippen LogP contribution in [0.5, 0.6) is 0 Å². The van der Waals surface area contributed by atoms with E-state index in [1.165, 1.54) is 11.8 Å². The molecular weight excluding hydrogens is 254 g/mol. The first-order chi connectivity index (χ1) is 8.63. The Kier molecular flexibility index (Phi) is 4.60. The molecule has 1 fully saturated rings. The Bertz CT molecular complexity index is 376. The van der Waals surface area contributed by atoms with Crippen molar-refractivity contribution in [1.82, 2.24) is 0 Å². The van der Waals surface area contributed by atoms with Crippen LogP contribution in [0.15, 0.2) is 35.2 Å². The molecule has 0 aliphatic carbocycles. The van der Waals surface area contributed by atoms with Crippen LogP contribution in [0.1, 0.15) is 0 Å². The van der Waals surface area contributed by atoms with Crippen LogP contribution in [0.4, 0.5) is 0 Å². The first-order valence-electron chi connectivity index (χ1n) is 5.73. The molecule has 6 heteroatoms. The molecule has 0 bridgehead atoms. The van der Waals surface area contributed by atoms with E-state index in [0.29, 0.717) is 0 Å². The molecule has 5 nitrogen and oxygen atoms in total. The van der Waals surface area contributed by atoms with Gasteiger partial charge in [0.25, 0.3) is 0 Å². The third-order valence-corrected chi connectivity index (χ3v) is 4.10. The van der Waals surface area contributed by atoms with Gasteiger partial charge in [0, 0.05) is 4.90 Å². The molecule has 0 spiro atoms. The Balaban J connectivity index is 2.08. The summed E-state index contributed by atoms with van der Waals surface area (Å²) in [5, 5.41) is 28.8. The molecule has 1 unspecified atom stereocenters. The van der Waals surface area contributed by atoms with Gasteiger partial charge in [-0.05, 0) is 12.1 Å². The summed E-state index contributed by atoms with van der Waals surface area (Å²) in [6, 6.07) is 8.63. The summed E-state index contributed by atoms with van der Waals surface area (Å²) in [7, 11) is 0. The number of nitrogens with two attached hydrogens (primary N) is 1. The maximum absolute atomic E-state index is 9.97. The van der Waals surface area contributed by atoms with Crippen molar-refractivity contribution in [1.29, 1.82) is 0 Å². The van der Waals surface area contributed by atoms with Crippen molar-refractivity contribution in [3.63, 3.8) is 0 Å². The van der Waals surface area contributed by atoms with Crippen molar-refractivity contribution in [3.8, 4) is 0 Å². The molecule has 1 aliphatic heterocycles. The number of aliphatic hydroxyl groups is 3. The molecule has 1 aromatic carbocycles. The second-order valence-corrected chi connectivity index (χ2v) is 5.39. The highest BCUT2D eigenvalue weighted by Crippen LogP contribution is 2.32. The van der Waals surface area contributed by atoms with Crippen LogP contribution >= 0.6 is 11.8 Å². The zero-order valence-corrected chi connectivity index (χ0v) is 10.5. The summed E-state index contributed by atoms with van der Waals surface area (Å²) in [6.45, 7) is -0.326. The van der Waals surface area contributed by atoms with Gasteiger partial charge in [0.2, 0.25) is 0 Å². The largest absolute Gasteiger partial charge is 0.394 e.